The Bertz CT molecular complexity index is 734. The number of likely N-dealkylation sites (tertiary alicyclic amines) is 1. The summed E-state index contributed by atoms with van der Waals surface area (Å²) in [5, 5.41) is 3.69. The Labute approximate surface area is 199 Å². The summed E-state index contributed by atoms with van der Waals surface area (Å²) < 4.78 is 9.74. The third-order valence-corrected chi connectivity index (χ3v) is 7.82. The summed E-state index contributed by atoms with van der Waals surface area (Å²) >= 11 is 0. The van der Waals surface area contributed by atoms with Gasteiger partial charge >= 0.3 is 11.9 Å². The number of hydrogen-bond acceptors (Lipinski definition) is 6. The zero-order chi connectivity index (χ0) is 23.7. The molecule has 3 rings (SSSR count). The number of benzene rings is 1. The van der Waals surface area contributed by atoms with Crippen molar-refractivity contribution >= 4 is 17.6 Å². The van der Waals surface area contributed by atoms with Gasteiger partial charge < -0.3 is 19.7 Å². The van der Waals surface area contributed by atoms with Crippen molar-refractivity contribution in [1.29, 1.82) is 0 Å². The smallest absolute Gasteiger partial charge is 0.320 e. The highest BCUT2D eigenvalue weighted by Gasteiger charge is 2.36. The minimum Gasteiger partial charge on any atom is -0.468 e. The summed E-state index contributed by atoms with van der Waals surface area (Å²) in [6.45, 7) is 5.45. The van der Waals surface area contributed by atoms with Gasteiger partial charge in [0.1, 0.15) is 0 Å². The van der Waals surface area contributed by atoms with Crippen LogP contribution in [0.4, 0.5) is 5.69 Å². The average molecular weight is 459 g/mol. The lowest BCUT2D eigenvalue weighted by Gasteiger charge is -2.41. The fraction of sp³-hybridized carbons (Fsp3) is 0.704. The highest BCUT2D eigenvalue weighted by molar-refractivity contribution is 5.94. The Morgan fingerprint density at radius 3 is 2.18 bits per heavy atom. The van der Waals surface area contributed by atoms with Crippen LogP contribution in [0.25, 0.3) is 0 Å². The van der Waals surface area contributed by atoms with E-state index in [1.165, 1.54) is 57.6 Å². The summed E-state index contributed by atoms with van der Waals surface area (Å²) in [5.41, 5.74) is 2.72. The zero-order valence-corrected chi connectivity index (χ0v) is 20.7. The first-order chi connectivity index (χ1) is 15.9. The maximum atomic E-state index is 12.1. The predicted molar refractivity (Wildman–Crippen MR) is 131 cm³/mol. The lowest BCUT2D eigenvalue weighted by molar-refractivity contribution is -0.159. The van der Waals surface area contributed by atoms with Crippen molar-refractivity contribution in [3.05, 3.63) is 29.8 Å². The molecule has 0 aromatic heterocycles. The predicted octanol–water partition coefficient (Wildman–Crippen LogP) is 4.95. The van der Waals surface area contributed by atoms with E-state index in [0.717, 1.165) is 45.3 Å². The molecule has 0 bridgehead atoms. The molecule has 1 saturated heterocycles. The molecule has 33 heavy (non-hydrogen) atoms. The molecule has 0 atom stereocenters. The largest absolute Gasteiger partial charge is 0.468 e. The molecule has 2 fully saturated rings. The van der Waals surface area contributed by atoms with Crippen LogP contribution in [0.3, 0.4) is 0 Å². The van der Waals surface area contributed by atoms with E-state index in [-0.39, 0.29) is 5.41 Å². The van der Waals surface area contributed by atoms with E-state index in [4.69, 9.17) is 9.47 Å². The number of carbonyl (C=O) groups excluding carboxylic acids is 2. The van der Waals surface area contributed by atoms with Crippen LogP contribution in [-0.2, 0) is 19.1 Å². The van der Waals surface area contributed by atoms with Gasteiger partial charge in [-0.25, -0.2) is 0 Å². The SMILES string of the molecule is COC(=O)C(CCC1(CCN2CCC(Nc3ccc(C)cc3)CC2)CCCCC1)C(=O)OC. The molecule has 6 nitrogen and oxygen atoms in total. The monoisotopic (exact) mass is 458 g/mol. The quantitative estimate of drug-likeness (QED) is 0.395. The second kappa shape index (κ2) is 12.4. The first kappa shape index (κ1) is 25.5. The molecule has 1 aromatic carbocycles. The molecule has 1 aliphatic heterocycles. The van der Waals surface area contributed by atoms with E-state index in [1.807, 2.05) is 0 Å². The molecular formula is C27H42N2O4. The Balaban J connectivity index is 1.49. The van der Waals surface area contributed by atoms with Crippen molar-refractivity contribution in [2.45, 2.75) is 77.2 Å². The molecule has 1 heterocycles. The molecule has 1 aromatic rings. The number of nitrogens with one attached hydrogen (secondary N) is 1. The van der Waals surface area contributed by atoms with E-state index in [1.54, 1.807) is 0 Å². The number of esters is 2. The molecule has 0 spiro atoms. The van der Waals surface area contributed by atoms with Gasteiger partial charge in [0.25, 0.3) is 0 Å². The lowest BCUT2D eigenvalue weighted by atomic mass is 9.68. The molecule has 0 unspecified atom stereocenters. The first-order valence-corrected chi connectivity index (χ1v) is 12.7. The van der Waals surface area contributed by atoms with Crippen LogP contribution in [0.1, 0.15) is 69.8 Å². The summed E-state index contributed by atoms with van der Waals surface area (Å²) in [7, 11) is 2.68. The van der Waals surface area contributed by atoms with E-state index in [9.17, 15) is 9.59 Å². The fourth-order valence-corrected chi connectivity index (χ4v) is 5.58. The third-order valence-electron chi connectivity index (χ3n) is 7.82. The van der Waals surface area contributed by atoms with Crippen LogP contribution >= 0.6 is 0 Å². The Kier molecular flexibility index (Phi) is 9.60. The minimum atomic E-state index is -0.803. The highest BCUT2D eigenvalue weighted by Crippen LogP contribution is 2.44. The Morgan fingerprint density at radius 1 is 1.00 bits per heavy atom. The van der Waals surface area contributed by atoms with Gasteiger partial charge in [0.15, 0.2) is 5.92 Å². The number of ether oxygens (including phenoxy) is 2. The molecule has 1 saturated carbocycles. The lowest BCUT2D eigenvalue weighted by Crippen LogP contribution is -2.41. The first-order valence-electron chi connectivity index (χ1n) is 12.7. The van der Waals surface area contributed by atoms with Gasteiger partial charge in [0.05, 0.1) is 14.2 Å². The van der Waals surface area contributed by atoms with Crippen molar-refractivity contribution in [1.82, 2.24) is 4.90 Å². The second-order valence-corrected chi connectivity index (χ2v) is 10.1. The van der Waals surface area contributed by atoms with Gasteiger partial charge in [-0.3, -0.25) is 9.59 Å². The van der Waals surface area contributed by atoms with Crippen LogP contribution in [0, 0.1) is 18.3 Å². The van der Waals surface area contributed by atoms with Gasteiger partial charge in [-0.15, -0.1) is 0 Å². The third kappa shape index (κ3) is 7.46. The summed E-state index contributed by atoms with van der Waals surface area (Å²) in [4.78, 5) is 26.9. The van der Waals surface area contributed by atoms with Crippen molar-refractivity contribution < 1.29 is 19.1 Å². The number of anilines is 1. The number of nitrogens with zero attached hydrogens (tertiary/aromatic N) is 1. The number of carbonyl (C=O) groups is 2. The summed E-state index contributed by atoms with van der Waals surface area (Å²) in [5.74, 6) is -1.76. The van der Waals surface area contributed by atoms with Crippen molar-refractivity contribution in [2.24, 2.45) is 11.3 Å². The molecule has 6 heteroatoms. The van der Waals surface area contributed by atoms with Crippen molar-refractivity contribution in [2.75, 3.05) is 39.2 Å². The van der Waals surface area contributed by atoms with Gasteiger partial charge in [0, 0.05) is 24.8 Å². The van der Waals surface area contributed by atoms with Gasteiger partial charge in [-0.1, -0.05) is 37.0 Å². The molecule has 0 amide bonds. The molecule has 1 aliphatic carbocycles. The maximum absolute atomic E-state index is 12.1. The molecule has 2 aliphatic rings. The minimum absolute atomic E-state index is 0.218. The number of aryl methyl sites for hydroxylation is 1. The van der Waals surface area contributed by atoms with Crippen molar-refractivity contribution in [3.8, 4) is 0 Å². The van der Waals surface area contributed by atoms with Crippen LogP contribution in [0.2, 0.25) is 0 Å². The Morgan fingerprint density at radius 2 is 1.61 bits per heavy atom. The zero-order valence-electron chi connectivity index (χ0n) is 20.7. The van der Waals surface area contributed by atoms with Crippen LogP contribution in [0.5, 0.6) is 0 Å². The second-order valence-electron chi connectivity index (χ2n) is 10.1. The van der Waals surface area contributed by atoms with Gasteiger partial charge in [0.2, 0.25) is 0 Å². The van der Waals surface area contributed by atoms with Crippen molar-refractivity contribution in [3.63, 3.8) is 0 Å². The molecular weight excluding hydrogens is 416 g/mol. The summed E-state index contributed by atoms with van der Waals surface area (Å²) in [6.07, 6.45) is 11.0. The van der Waals surface area contributed by atoms with E-state index in [0.29, 0.717) is 12.5 Å². The summed E-state index contributed by atoms with van der Waals surface area (Å²) in [6, 6.07) is 9.20. The maximum Gasteiger partial charge on any atom is 0.320 e. The van der Waals surface area contributed by atoms with Crippen LogP contribution in [0.15, 0.2) is 24.3 Å². The standard InChI is InChI=1S/C27H42N2O4/c1-21-7-9-22(10-8-21)28-23-12-18-29(19-13-23)20-17-27(14-5-4-6-15-27)16-11-24(25(30)32-2)26(31)33-3/h7-10,23-24,28H,4-6,11-20H2,1-3H3. The molecule has 184 valence electrons. The number of rotatable bonds is 10. The fourth-order valence-electron chi connectivity index (χ4n) is 5.58. The number of methoxy groups -OCH3 is 2. The average Bonchev–Trinajstić information content (AvgIpc) is 2.85. The van der Waals surface area contributed by atoms with Crippen LogP contribution < -0.4 is 5.32 Å². The topological polar surface area (TPSA) is 67.9 Å². The van der Waals surface area contributed by atoms with Gasteiger partial charge in [-0.05, 0) is 76.0 Å². The van der Waals surface area contributed by atoms with E-state index in [2.05, 4.69) is 41.4 Å². The molecule has 0 radical (unpaired) electrons. The normalized spacial score (nSPS) is 19.3. The van der Waals surface area contributed by atoms with E-state index >= 15 is 0 Å². The Hall–Kier alpha value is -2.08. The molecule has 1 N–H and O–H groups in total. The highest BCUT2D eigenvalue weighted by atomic mass is 16.5. The number of hydrogen-bond donors (Lipinski definition) is 1. The van der Waals surface area contributed by atoms with Gasteiger partial charge in [-0.2, -0.15) is 0 Å². The number of piperidine rings is 1. The van der Waals surface area contributed by atoms with Crippen LogP contribution in [-0.4, -0.2) is 56.7 Å². The van der Waals surface area contributed by atoms with E-state index < -0.39 is 17.9 Å².